The predicted octanol–water partition coefficient (Wildman–Crippen LogP) is 4.36. The Kier molecular flexibility index (Phi) is 4.68. The number of piperidine rings is 1. The minimum Gasteiger partial charge on any atom is -0.339 e. The van der Waals surface area contributed by atoms with Gasteiger partial charge in [-0.25, -0.2) is 0 Å². The van der Waals surface area contributed by atoms with Crippen molar-refractivity contribution in [3.63, 3.8) is 0 Å². The highest BCUT2D eigenvalue weighted by Gasteiger charge is 2.22. The van der Waals surface area contributed by atoms with Gasteiger partial charge >= 0.3 is 0 Å². The van der Waals surface area contributed by atoms with Crippen molar-refractivity contribution in [2.24, 2.45) is 5.92 Å². The van der Waals surface area contributed by atoms with E-state index < -0.39 is 0 Å². The number of hydrogen-bond acceptors (Lipinski definition) is 1. The van der Waals surface area contributed by atoms with Crippen LogP contribution in [0, 0.1) is 5.92 Å². The third-order valence-electron chi connectivity index (χ3n) is 3.65. The minimum atomic E-state index is 0.0963. The van der Waals surface area contributed by atoms with Gasteiger partial charge in [-0.1, -0.05) is 24.9 Å². The van der Waals surface area contributed by atoms with Crippen molar-refractivity contribution in [3.8, 4) is 0 Å². The SMILES string of the molecule is CCC1CCN(C(=O)c2ccc(Br)c(Cl)c2)CC1. The van der Waals surface area contributed by atoms with E-state index in [0.29, 0.717) is 10.6 Å². The summed E-state index contributed by atoms with van der Waals surface area (Å²) in [5.74, 6) is 0.876. The van der Waals surface area contributed by atoms with Crippen molar-refractivity contribution in [1.82, 2.24) is 4.90 Å². The Hall–Kier alpha value is -0.540. The zero-order valence-electron chi connectivity index (χ0n) is 10.5. The first-order valence-corrected chi connectivity index (χ1v) is 7.53. The smallest absolute Gasteiger partial charge is 0.253 e. The minimum absolute atomic E-state index is 0.0963. The van der Waals surface area contributed by atoms with E-state index >= 15 is 0 Å². The highest BCUT2D eigenvalue weighted by atomic mass is 79.9. The zero-order chi connectivity index (χ0) is 13.1. The maximum Gasteiger partial charge on any atom is 0.253 e. The van der Waals surface area contributed by atoms with Gasteiger partial charge in [0.15, 0.2) is 0 Å². The second-order valence-corrected chi connectivity index (χ2v) is 6.03. The van der Waals surface area contributed by atoms with Gasteiger partial charge in [0.05, 0.1) is 5.02 Å². The van der Waals surface area contributed by atoms with Crippen LogP contribution in [0.25, 0.3) is 0 Å². The van der Waals surface area contributed by atoms with Crippen molar-refractivity contribution in [3.05, 3.63) is 33.3 Å². The van der Waals surface area contributed by atoms with E-state index in [2.05, 4.69) is 22.9 Å². The van der Waals surface area contributed by atoms with Crippen LogP contribution in [0.15, 0.2) is 22.7 Å². The standard InChI is InChI=1S/C14H17BrClNO/c1-2-10-5-7-17(8-6-10)14(18)11-3-4-12(15)13(16)9-11/h3-4,9-10H,2,5-8H2,1H3. The van der Waals surface area contributed by atoms with Gasteiger partial charge in [0.2, 0.25) is 0 Å². The zero-order valence-corrected chi connectivity index (χ0v) is 12.8. The lowest BCUT2D eigenvalue weighted by molar-refractivity contribution is 0.0689. The van der Waals surface area contributed by atoms with Crippen LogP contribution in [0.3, 0.4) is 0 Å². The molecule has 1 aliphatic heterocycles. The second-order valence-electron chi connectivity index (χ2n) is 4.77. The molecular formula is C14H17BrClNO. The molecule has 1 amide bonds. The van der Waals surface area contributed by atoms with E-state index in [1.165, 1.54) is 6.42 Å². The summed E-state index contributed by atoms with van der Waals surface area (Å²) in [6.07, 6.45) is 3.45. The third-order valence-corrected chi connectivity index (χ3v) is 4.88. The van der Waals surface area contributed by atoms with Crippen LogP contribution in [0.5, 0.6) is 0 Å². The van der Waals surface area contributed by atoms with Gasteiger partial charge in [0, 0.05) is 23.1 Å². The molecular weight excluding hydrogens is 314 g/mol. The van der Waals surface area contributed by atoms with Gasteiger partial charge in [0.25, 0.3) is 5.91 Å². The maximum absolute atomic E-state index is 12.3. The van der Waals surface area contributed by atoms with Crippen LogP contribution in [-0.4, -0.2) is 23.9 Å². The average molecular weight is 331 g/mol. The van der Waals surface area contributed by atoms with Gasteiger partial charge in [0.1, 0.15) is 0 Å². The lowest BCUT2D eigenvalue weighted by Crippen LogP contribution is -2.38. The summed E-state index contributed by atoms with van der Waals surface area (Å²) in [6, 6.07) is 5.39. The lowest BCUT2D eigenvalue weighted by Gasteiger charge is -2.31. The summed E-state index contributed by atoms with van der Waals surface area (Å²) in [5.41, 5.74) is 0.679. The van der Waals surface area contributed by atoms with Crippen LogP contribution >= 0.6 is 27.5 Å². The molecule has 0 aliphatic carbocycles. The third kappa shape index (κ3) is 3.07. The Bertz CT molecular complexity index is 441. The number of amides is 1. The highest BCUT2D eigenvalue weighted by molar-refractivity contribution is 9.10. The van der Waals surface area contributed by atoms with Gasteiger partial charge in [-0.15, -0.1) is 0 Å². The Balaban J connectivity index is 2.05. The van der Waals surface area contributed by atoms with Crippen molar-refractivity contribution in [1.29, 1.82) is 0 Å². The fourth-order valence-electron chi connectivity index (χ4n) is 2.36. The summed E-state index contributed by atoms with van der Waals surface area (Å²) in [5, 5.41) is 0.587. The fourth-order valence-corrected chi connectivity index (χ4v) is 2.78. The maximum atomic E-state index is 12.3. The van der Waals surface area contributed by atoms with Crippen LogP contribution < -0.4 is 0 Å². The molecule has 0 aromatic heterocycles. The number of likely N-dealkylation sites (tertiary alicyclic amines) is 1. The van der Waals surface area contributed by atoms with Crippen molar-refractivity contribution >= 4 is 33.4 Å². The van der Waals surface area contributed by atoms with Crippen LogP contribution in [0.2, 0.25) is 5.02 Å². The Morgan fingerprint density at radius 3 is 2.67 bits per heavy atom. The quantitative estimate of drug-likeness (QED) is 0.788. The van der Waals surface area contributed by atoms with Gasteiger partial charge in [-0.3, -0.25) is 4.79 Å². The summed E-state index contributed by atoms with van der Waals surface area (Å²) >= 11 is 9.36. The number of nitrogens with zero attached hydrogens (tertiary/aromatic N) is 1. The van der Waals surface area contributed by atoms with Crippen molar-refractivity contribution in [2.45, 2.75) is 26.2 Å². The molecule has 98 valence electrons. The summed E-state index contributed by atoms with van der Waals surface area (Å²) < 4.78 is 0.824. The first-order valence-electron chi connectivity index (χ1n) is 6.36. The van der Waals surface area contributed by atoms with E-state index in [9.17, 15) is 4.79 Å². The van der Waals surface area contributed by atoms with Crippen LogP contribution in [-0.2, 0) is 0 Å². The number of carbonyl (C=O) groups is 1. The number of benzene rings is 1. The van der Waals surface area contributed by atoms with Gasteiger partial charge in [-0.05, 0) is 52.9 Å². The lowest BCUT2D eigenvalue weighted by atomic mass is 9.94. The van der Waals surface area contributed by atoms with E-state index in [-0.39, 0.29) is 5.91 Å². The average Bonchev–Trinajstić information content (AvgIpc) is 2.41. The monoisotopic (exact) mass is 329 g/mol. The van der Waals surface area contributed by atoms with Crippen LogP contribution in [0.1, 0.15) is 36.5 Å². The molecule has 1 aromatic carbocycles. The molecule has 0 saturated carbocycles. The first kappa shape index (κ1) is 13.9. The van der Waals surface area contributed by atoms with Crippen molar-refractivity contribution < 1.29 is 4.79 Å². The molecule has 4 heteroatoms. The van der Waals surface area contributed by atoms with Gasteiger partial charge < -0.3 is 4.90 Å². The number of hydrogen-bond donors (Lipinski definition) is 0. The molecule has 0 radical (unpaired) electrons. The van der Waals surface area contributed by atoms with E-state index in [1.54, 1.807) is 6.07 Å². The summed E-state index contributed by atoms with van der Waals surface area (Å²) in [6.45, 7) is 3.95. The predicted molar refractivity (Wildman–Crippen MR) is 78.1 cm³/mol. The number of halogens is 2. The molecule has 1 aliphatic rings. The Morgan fingerprint density at radius 1 is 1.44 bits per heavy atom. The first-order chi connectivity index (χ1) is 8.61. The molecule has 0 spiro atoms. The van der Waals surface area contributed by atoms with E-state index in [0.717, 1.165) is 36.3 Å². The van der Waals surface area contributed by atoms with Crippen molar-refractivity contribution in [2.75, 3.05) is 13.1 Å². The van der Waals surface area contributed by atoms with E-state index in [1.807, 2.05) is 17.0 Å². The molecule has 1 aromatic rings. The molecule has 0 bridgehead atoms. The molecule has 1 heterocycles. The molecule has 0 atom stereocenters. The molecule has 1 fully saturated rings. The Morgan fingerprint density at radius 2 is 2.11 bits per heavy atom. The largest absolute Gasteiger partial charge is 0.339 e. The van der Waals surface area contributed by atoms with Gasteiger partial charge in [-0.2, -0.15) is 0 Å². The summed E-state index contributed by atoms with van der Waals surface area (Å²) in [7, 11) is 0. The number of rotatable bonds is 2. The molecule has 0 unspecified atom stereocenters. The molecule has 18 heavy (non-hydrogen) atoms. The molecule has 2 nitrogen and oxygen atoms in total. The fraction of sp³-hybridized carbons (Fsp3) is 0.500. The van der Waals surface area contributed by atoms with Crippen LogP contribution in [0.4, 0.5) is 0 Å². The normalized spacial score (nSPS) is 16.9. The Labute approximate surface area is 121 Å². The summed E-state index contributed by atoms with van der Waals surface area (Å²) in [4.78, 5) is 14.2. The van der Waals surface area contributed by atoms with E-state index in [4.69, 9.17) is 11.6 Å². The molecule has 2 rings (SSSR count). The highest BCUT2D eigenvalue weighted by Crippen LogP contribution is 2.25. The topological polar surface area (TPSA) is 20.3 Å². The molecule has 1 saturated heterocycles. The number of carbonyl (C=O) groups excluding carboxylic acids is 1. The molecule has 0 N–H and O–H groups in total. The second kappa shape index (κ2) is 6.07.